The van der Waals surface area contributed by atoms with Gasteiger partial charge >= 0.3 is 5.97 Å². The third-order valence-corrected chi connectivity index (χ3v) is 5.55. The van der Waals surface area contributed by atoms with E-state index in [4.69, 9.17) is 22.1 Å². The number of primary amides is 1. The zero-order valence-electron chi connectivity index (χ0n) is 11.2. The molecule has 0 unspecified atom stereocenters. The van der Waals surface area contributed by atoms with Crippen LogP contribution in [0.1, 0.15) is 45.4 Å². The van der Waals surface area contributed by atoms with Crippen molar-refractivity contribution < 1.29 is 14.3 Å². The van der Waals surface area contributed by atoms with Crippen molar-refractivity contribution in [2.45, 2.75) is 56.4 Å². The topological polar surface area (TPSA) is 69.4 Å². The van der Waals surface area contributed by atoms with Gasteiger partial charge in [-0.05, 0) is 57.3 Å². The molecule has 4 bridgehead atoms. The highest BCUT2D eigenvalue weighted by Gasteiger charge is 2.61. The van der Waals surface area contributed by atoms with Crippen LogP contribution in [0, 0.1) is 17.3 Å². The Morgan fingerprint density at radius 2 is 1.84 bits per heavy atom. The summed E-state index contributed by atoms with van der Waals surface area (Å²) in [4.78, 5) is 23.3. The van der Waals surface area contributed by atoms with E-state index in [0.29, 0.717) is 18.3 Å². The van der Waals surface area contributed by atoms with Gasteiger partial charge in [-0.15, -0.1) is 11.6 Å². The molecule has 0 aromatic carbocycles. The molecule has 4 nitrogen and oxygen atoms in total. The van der Waals surface area contributed by atoms with Gasteiger partial charge in [0.15, 0.2) is 6.10 Å². The maximum Gasteiger partial charge on any atom is 0.312 e. The van der Waals surface area contributed by atoms with E-state index in [0.717, 1.165) is 25.7 Å². The molecule has 106 valence electrons. The van der Waals surface area contributed by atoms with E-state index >= 15 is 0 Å². The van der Waals surface area contributed by atoms with Crippen LogP contribution in [0.3, 0.4) is 0 Å². The maximum atomic E-state index is 12.5. The molecule has 4 aliphatic rings. The van der Waals surface area contributed by atoms with E-state index in [2.05, 4.69) is 0 Å². The van der Waals surface area contributed by atoms with Crippen LogP contribution < -0.4 is 5.73 Å². The molecule has 0 aromatic heterocycles. The average Bonchev–Trinajstić information content (AvgIpc) is 2.24. The molecule has 0 spiro atoms. The van der Waals surface area contributed by atoms with Crippen LogP contribution in [0.25, 0.3) is 0 Å². The number of hydrogen-bond donors (Lipinski definition) is 1. The van der Waals surface area contributed by atoms with Crippen LogP contribution in [-0.4, -0.2) is 22.9 Å². The Morgan fingerprint density at radius 1 is 1.26 bits per heavy atom. The van der Waals surface area contributed by atoms with Crippen LogP contribution in [-0.2, 0) is 14.3 Å². The fraction of sp³-hybridized carbons (Fsp3) is 0.857. The Labute approximate surface area is 118 Å². The molecule has 0 radical (unpaired) electrons. The maximum absolute atomic E-state index is 12.5. The van der Waals surface area contributed by atoms with Crippen LogP contribution in [0.5, 0.6) is 0 Å². The van der Waals surface area contributed by atoms with Crippen molar-refractivity contribution in [2.75, 3.05) is 0 Å². The number of rotatable bonds is 3. The quantitative estimate of drug-likeness (QED) is 0.637. The number of ether oxygens (including phenoxy) is 1. The summed E-state index contributed by atoms with van der Waals surface area (Å²) in [5.41, 5.74) is 4.70. The number of alkyl halides is 1. The third kappa shape index (κ3) is 2.14. The molecule has 4 rings (SSSR count). The Morgan fingerprint density at radius 3 is 2.32 bits per heavy atom. The average molecular weight is 286 g/mol. The molecule has 4 fully saturated rings. The van der Waals surface area contributed by atoms with Gasteiger partial charge in [0.1, 0.15) is 0 Å². The minimum absolute atomic E-state index is 0.223. The molecule has 2 N–H and O–H groups in total. The Kier molecular flexibility index (Phi) is 2.86. The minimum atomic E-state index is -0.855. The summed E-state index contributed by atoms with van der Waals surface area (Å²) in [5.74, 6) is 0.210. The van der Waals surface area contributed by atoms with Gasteiger partial charge in [-0.25, -0.2) is 0 Å². The van der Waals surface area contributed by atoms with Gasteiger partial charge in [-0.2, -0.15) is 0 Å². The molecule has 0 heterocycles. The lowest BCUT2D eigenvalue weighted by molar-refractivity contribution is -0.176. The lowest BCUT2D eigenvalue weighted by atomic mass is 9.49. The standard InChI is InChI=1S/C14H20ClNO3/c1-8(11(16)17)19-12(18)13-3-9-2-10(4-13)6-14(15,5-9)7-13/h8-10H,2-7H2,1H3,(H2,16,17)/t8-,9-,10-,13?,14?/m0/s1. The van der Waals surface area contributed by atoms with Crippen molar-refractivity contribution in [3.05, 3.63) is 0 Å². The SMILES string of the molecule is C[C@H](OC(=O)C12C[C@@H]3C[C@H](CC(Cl)(C3)C1)C2)C(N)=O. The summed E-state index contributed by atoms with van der Waals surface area (Å²) in [6.45, 7) is 1.53. The second-order valence-electron chi connectivity index (χ2n) is 6.84. The summed E-state index contributed by atoms with van der Waals surface area (Å²) in [6, 6.07) is 0. The Balaban J connectivity index is 1.80. The fourth-order valence-corrected chi connectivity index (χ4v) is 5.43. The van der Waals surface area contributed by atoms with E-state index < -0.39 is 17.4 Å². The van der Waals surface area contributed by atoms with E-state index in [1.54, 1.807) is 0 Å². The monoisotopic (exact) mass is 285 g/mol. The fourth-order valence-electron chi connectivity index (χ4n) is 4.73. The first-order chi connectivity index (χ1) is 8.82. The van der Waals surface area contributed by atoms with E-state index in [-0.39, 0.29) is 10.8 Å². The van der Waals surface area contributed by atoms with Crippen molar-refractivity contribution >= 4 is 23.5 Å². The first-order valence-corrected chi connectivity index (χ1v) is 7.39. The minimum Gasteiger partial charge on any atom is -0.452 e. The van der Waals surface area contributed by atoms with Crippen molar-refractivity contribution in [2.24, 2.45) is 23.0 Å². The number of carbonyl (C=O) groups is 2. The van der Waals surface area contributed by atoms with Crippen LogP contribution in [0.4, 0.5) is 0 Å². The van der Waals surface area contributed by atoms with Gasteiger partial charge in [-0.1, -0.05) is 0 Å². The molecule has 3 atom stereocenters. The Hall–Kier alpha value is -0.770. The first kappa shape index (κ1) is 13.2. The number of halogens is 1. The molecule has 5 heteroatoms. The number of hydrogen-bond acceptors (Lipinski definition) is 3. The predicted molar refractivity (Wildman–Crippen MR) is 70.4 cm³/mol. The smallest absolute Gasteiger partial charge is 0.312 e. The summed E-state index contributed by atoms with van der Waals surface area (Å²) in [6.07, 6.45) is 4.79. The Bertz CT molecular complexity index is 422. The molecular formula is C14H20ClNO3. The van der Waals surface area contributed by atoms with Gasteiger partial charge in [0.05, 0.1) is 5.41 Å². The van der Waals surface area contributed by atoms with Gasteiger partial charge in [0.25, 0.3) is 5.91 Å². The normalized spacial score (nSPS) is 44.9. The first-order valence-electron chi connectivity index (χ1n) is 7.01. The van der Waals surface area contributed by atoms with Crippen molar-refractivity contribution in [1.82, 2.24) is 0 Å². The lowest BCUT2D eigenvalue weighted by Gasteiger charge is -2.58. The van der Waals surface area contributed by atoms with Gasteiger partial charge in [0, 0.05) is 4.87 Å². The molecule has 0 saturated heterocycles. The molecule has 1 amide bonds. The number of nitrogens with two attached hydrogens (primary N) is 1. The second-order valence-corrected chi connectivity index (χ2v) is 7.64. The molecule has 0 aliphatic heterocycles. The molecule has 19 heavy (non-hydrogen) atoms. The zero-order chi connectivity index (χ0) is 13.8. The third-order valence-electron chi connectivity index (χ3n) is 5.11. The van der Waals surface area contributed by atoms with E-state index in [1.165, 1.54) is 13.3 Å². The summed E-state index contributed by atoms with van der Waals surface area (Å²) in [7, 11) is 0. The second kappa shape index (κ2) is 4.11. The lowest BCUT2D eigenvalue weighted by Crippen LogP contribution is -2.57. The van der Waals surface area contributed by atoms with Gasteiger partial charge < -0.3 is 10.5 Å². The van der Waals surface area contributed by atoms with Crippen molar-refractivity contribution in [3.8, 4) is 0 Å². The predicted octanol–water partition coefficient (Wildman–Crippen LogP) is 1.98. The van der Waals surface area contributed by atoms with E-state index in [9.17, 15) is 9.59 Å². The van der Waals surface area contributed by atoms with E-state index in [1.807, 2.05) is 0 Å². The highest BCUT2D eigenvalue weighted by molar-refractivity contribution is 6.24. The molecule has 4 aliphatic carbocycles. The van der Waals surface area contributed by atoms with Crippen LogP contribution in [0.15, 0.2) is 0 Å². The number of carbonyl (C=O) groups excluding carboxylic acids is 2. The van der Waals surface area contributed by atoms with Crippen molar-refractivity contribution in [1.29, 1.82) is 0 Å². The van der Waals surface area contributed by atoms with Crippen LogP contribution >= 0.6 is 11.6 Å². The van der Waals surface area contributed by atoms with Gasteiger partial charge in [-0.3, -0.25) is 9.59 Å². The zero-order valence-corrected chi connectivity index (χ0v) is 11.9. The summed E-state index contributed by atoms with van der Waals surface area (Å²) >= 11 is 6.66. The number of esters is 1. The summed E-state index contributed by atoms with van der Waals surface area (Å²) < 4.78 is 5.27. The molecular weight excluding hydrogens is 266 g/mol. The van der Waals surface area contributed by atoms with Crippen molar-refractivity contribution in [3.63, 3.8) is 0 Å². The largest absolute Gasteiger partial charge is 0.452 e. The van der Waals surface area contributed by atoms with Crippen LogP contribution in [0.2, 0.25) is 0 Å². The summed E-state index contributed by atoms with van der Waals surface area (Å²) in [5, 5.41) is 0. The highest BCUT2D eigenvalue weighted by Crippen LogP contribution is 2.64. The molecule has 4 saturated carbocycles. The molecule has 0 aromatic rings. The number of amides is 1. The van der Waals surface area contributed by atoms with Gasteiger partial charge in [0.2, 0.25) is 0 Å². The highest BCUT2D eigenvalue weighted by atomic mass is 35.5.